The monoisotopic (exact) mass is 637 g/mol. The summed E-state index contributed by atoms with van der Waals surface area (Å²) < 4.78 is 32.3. The summed E-state index contributed by atoms with van der Waals surface area (Å²) in [6.07, 6.45) is 0.742. The first-order chi connectivity index (χ1) is 21.2. The molecule has 44 heavy (non-hydrogen) atoms. The summed E-state index contributed by atoms with van der Waals surface area (Å²) in [5.74, 6) is -0.393. The Labute approximate surface area is 263 Å². The number of hydrogen-bond acceptors (Lipinski definition) is 7. The highest BCUT2D eigenvalue weighted by atomic mass is 32.2. The Hall–Kier alpha value is -1.96. The summed E-state index contributed by atoms with van der Waals surface area (Å²) in [4.78, 5) is 45.5. The standard InChI is InChI=1S/C31H49F2N7O3S/c1-4-24(42)38-11-13-39(14-12-38)29-18-16-20(33)27-25-19(32)6-5-7-21(25)35-23(41)9-15-44-22-8-10-34-26(17(2)3)28(22)40(30(18)36-27)31(43)37-29/h4,17-22,25-30,34,36H,1,5-16H2,2-3H3,(H,35,41)(H,37,43). The molecule has 246 valence electrons. The number of urea groups is 1. The molecule has 1 aliphatic carbocycles. The van der Waals surface area contributed by atoms with Gasteiger partial charge in [-0.2, -0.15) is 11.8 Å². The van der Waals surface area contributed by atoms with Crippen LogP contribution in [0, 0.1) is 17.8 Å². The van der Waals surface area contributed by atoms with Gasteiger partial charge in [-0.05, 0) is 50.6 Å². The molecule has 10 nitrogen and oxygen atoms in total. The second kappa shape index (κ2) is 13.4. The fourth-order valence-electron chi connectivity index (χ4n) is 8.84. The maximum Gasteiger partial charge on any atom is 0.320 e. The zero-order chi connectivity index (χ0) is 31.1. The third-order valence-electron chi connectivity index (χ3n) is 11.0. The molecule has 5 heterocycles. The number of amides is 4. The van der Waals surface area contributed by atoms with Crippen LogP contribution in [0.5, 0.6) is 0 Å². The lowest BCUT2D eigenvalue weighted by molar-refractivity contribution is -0.130. The number of nitrogens with one attached hydrogen (secondary N) is 4. The minimum absolute atomic E-state index is 0.0105. The van der Waals surface area contributed by atoms with Crippen LogP contribution >= 0.6 is 11.8 Å². The number of halogens is 2. The van der Waals surface area contributed by atoms with Crippen molar-refractivity contribution < 1.29 is 23.2 Å². The molecule has 4 amide bonds. The molecule has 0 aromatic carbocycles. The van der Waals surface area contributed by atoms with Gasteiger partial charge in [-0.15, -0.1) is 0 Å². The quantitative estimate of drug-likeness (QED) is 0.350. The molecule has 5 aliphatic heterocycles. The number of nitrogens with zero attached hydrogens (tertiary/aromatic N) is 3. The molecule has 0 spiro atoms. The Morgan fingerprint density at radius 3 is 2.55 bits per heavy atom. The van der Waals surface area contributed by atoms with Crippen LogP contribution in [0.2, 0.25) is 0 Å². The van der Waals surface area contributed by atoms with Gasteiger partial charge in [0, 0.05) is 73.6 Å². The lowest BCUT2D eigenvalue weighted by Crippen LogP contribution is -2.80. The fraction of sp³-hybridized carbons (Fsp3) is 0.839. The van der Waals surface area contributed by atoms with Gasteiger partial charge in [0.15, 0.2) is 0 Å². The average molecular weight is 638 g/mol. The van der Waals surface area contributed by atoms with Crippen molar-refractivity contribution >= 4 is 29.6 Å². The van der Waals surface area contributed by atoms with E-state index in [0.29, 0.717) is 57.6 Å². The van der Waals surface area contributed by atoms with Crippen LogP contribution < -0.4 is 21.3 Å². The van der Waals surface area contributed by atoms with Crippen molar-refractivity contribution in [3.63, 3.8) is 0 Å². The van der Waals surface area contributed by atoms with Crippen molar-refractivity contribution in [3.05, 3.63) is 12.7 Å². The fourth-order valence-corrected chi connectivity index (χ4v) is 10.2. The number of fused-ring (bicyclic) bond motifs is 5. The van der Waals surface area contributed by atoms with Crippen LogP contribution in [0.1, 0.15) is 52.4 Å². The predicted octanol–water partition coefficient (Wildman–Crippen LogP) is 1.83. The number of alkyl halides is 2. The van der Waals surface area contributed by atoms with E-state index in [4.69, 9.17) is 0 Å². The largest absolute Gasteiger partial charge is 0.353 e. The zero-order valence-corrected chi connectivity index (χ0v) is 26.7. The highest BCUT2D eigenvalue weighted by Crippen LogP contribution is 2.42. The molecule has 6 aliphatic rings. The molecule has 0 aromatic heterocycles. The Morgan fingerprint density at radius 1 is 1.05 bits per heavy atom. The van der Waals surface area contributed by atoms with Crippen molar-refractivity contribution in [1.29, 1.82) is 0 Å². The third-order valence-corrected chi connectivity index (χ3v) is 12.3. The molecule has 11 atom stereocenters. The topological polar surface area (TPSA) is 109 Å². The molecular formula is C31H49F2N7O3S. The number of rotatable bonds is 3. The maximum atomic E-state index is 16.5. The van der Waals surface area contributed by atoms with Gasteiger partial charge in [-0.3, -0.25) is 19.8 Å². The van der Waals surface area contributed by atoms with Crippen molar-refractivity contribution in [2.75, 3.05) is 38.5 Å². The van der Waals surface area contributed by atoms with Gasteiger partial charge in [0.05, 0.1) is 18.4 Å². The summed E-state index contributed by atoms with van der Waals surface area (Å²) in [6.45, 7) is 10.8. The second-order valence-corrected chi connectivity index (χ2v) is 15.1. The smallest absolute Gasteiger partial charge is 0.320 e. The van der Waals surface area contributed by atoms with E-state index in [0.717, 1.165) is 13.0 Å². The van der Waals surface area contributed by atoms with E-state index >= 15 is 8.78 Å². The molecule has 6 fully saturated rings. The van der Waals surface area contributed by atoms with E-state index in [1.807, 2.05) is 4.90 Å². The van der Waals surface area contributed by atoms with Gasteiger partial charge >= 0.3 is 6.03 Å². The summed E-state index contributed by atoms with van der Waals surface area (Å²) in [6, 6.07) is -1.66. The van der Waals surface area contributed by atoms with Crippen LogP contribution in [0.25, 0.3) is 0 Å². The SMILES string of the molecule is C=CC(=O)N1CCN(C2NC(=O)N3C4NC(C(F)CC24)C2C(F)CCCC2NC(=O)CCSC2CCNC(C(C)C)C23)CC1. The molecule has 0 aromatic rings. The normalized spacial score (nSPS) is 42.1. The van der Waals surface area contributed by atoms with Crippen molar-refractivity contribution in [3.8, 4) is 0 Å². The minimum atomic E-state index is -1.35. The predicted molar refractivity (Wildman–Crippen MR) is 166 cm³/mol. The molecule has 1 saturated carbocycles. The summed E-state index contributed by atoms with van der Waals surface area (Å²) >= 11 is 1.74. The van der Waals surface area contributed by atoms with Crippen LogP contribution in [0.4, 0.5) is 13.6 Å². The first-order valence-corrected chi connectivity index (χ1v) is 17.7. The molecule has 11 unspecified atom stereocenters. The van der Waals surface area contributed by atoms with Gasteiger partial charge in [0.1, 0.15) is 12.3 Å². The van der Waals surface area contributed by atoms with E-state index in [-0.39, 0.29) is 53.4 Å². The van der Waals surface area contributed by atoms with Crippen LogP contribution in [-0.4, -0.2) is 125 Å². The molecule has 13 heteroatoms. The molecular weight excluding hydrogens is 588 g/mol. The van der Waals surface area contributed by atoms with E-state index in [1.165, 1.54) is 6.08 Å². The van der Waals surface area contributed by atoms with E-state index in [9.17, 15) is 14.4 Å². The van der Waals surface area contributed by atoms with Gasteiger partial charge in [0.2, 0.25) is 11.8 Å². The van der Waals surface area contributed by atoms with Crippen LogP contribution in [-0.2, 0) is 9.59 Å². The first kappa shape index (κ1) is 32.0. The number of carbonyl (C=O) groups excluding carboxylic acids is 3. The van der Waals surface area contributed by atoms with Crippen LogP contribution in [0.15, 0.2) is 12.7 Å². The Morgan fingerprint density at radius 2 is 1.82 bits per heavy atom. The van der Waals surface area contributed by atoms with Crippen molar-refractivity contribution in [2.45, 2.75) is 106 Å². The zero-order valence-electron chi connectivity index (χ0n) is 25.9. The van der Waals surface area contributed by atoms with E-state index < -0.39 is 42.7 Å². The number of hydrogen-bond donors (Lipinski definition) is 4. The van der Waals surface area contributed by atoms with Crippen molar-refractivity contribution in [1.82, 2.24) is 36.0 Å². The number of carbonyl (C=O) groups is 3. The molecule has 2 bridgehead atoms. The first-order valence-electron chi connectivity index (χ1n) is 16.6. The summed E-state index contributed by atoms with van der Waals surface area (Å²) in [7, 11) is 0. The van der Waals surface area contributed by atoms with E-state index in [2.05, 4.69) is 46.6 Å². The Balaban J connectivity index is 1.37. The Kier molecular flexibility index (Phi) is 9.75. The highest BCUT2D eigenvalue weighted by molar-refractivity contribution is 8.00. The number of piperazine rings is 1. The van der Waals surface area contributed by atoms with Gasteiger partial charge < -0.3 is 25.8 Å². The van der Waals surface area contributed by atoms with Gasteiger partial charge in [-0.1, -0.05) is 20.4 Å². The van der Waals surface area contributed by atoms with E-state index in [1.54, 1.807) is 16.7 Å². The van der Waals surface area contributed by atoms with Gasteiger partial charge in [-0.25, -0.2) is 13.6 Å². The average Bonchev–Trinajstić information content (AvgIpc) is 3.01. The lowest BCUT2D eigenvalue weighted by Gasteiger charge is -2.59. The highest BCUT2D eigenvalue weighted by Gasteiger charge is 2.57. The Bertz CT molecular complexity index is 1090. The number of thioether (sulfide) groups is 1. The van der Waals surface area contributed by atoms with Crippen LogP contribution in [0.3, 0.4) is 0 Å². The minimum Gasteiger partial charge on any atom is -0.353 e. The summed E-state index contributed by atoms with van der Waals surface area (Å²) in [5.41, 5.74) is 0. The lowest BCUT2D eigenvalue weighted by atomic mass is 9.72. The third kappa shape index (κ3) is 6.10. The number of piperidine rings is 2. The molecule has 4 N–H and O–H groups in total. The van der Waals surface area contributed by atoms with Crippen molar-refractivity contribution in [2.24, 2.45) is 17.8 Å². The van der Waals surface area contributed by atoms with Gasteiger partial charge in [0.25, 0.3) is 0 Å². The molecule has 6 rings (SSSR count). The molecule has 0 radical (unpaired) electrons. The second-order valence-electron chi connectivity index (χ2n) is 13.8. The maximum absolute atomic E-state index is 16.5. The molecule has 5 saturated heterocycles. The summed E-state index contributed by atoms with van der Waals surface area (Å²) in [5, 5.41) is 13.7.